The van der Waals surface area contributed by atoms with Crippen molar-refractivity contribution in [3.63, 3.8) is 0 Å². The quantitative estimate of drug-likeness (QED) is 0.269. The molecular formula is C13H18I2O2. The molecule has 17 heavy (non-hydrogen) atoms. The van der Waals surface area contributed by atoms with E-state index in [1.54, 1.807) is 6.07 Å². The van der Waals surface area contributed by atoms with Crippen molar-refractivity contribution in [3.05, 3.63) is 23.8 Å². The van der Waals surface area contributed by atoms with E-state index in [0.29, 0.717) is 0 Å². The molecule has 0 atom stereocenters. The van der Waals surface area contributed by atoms with E-state index in [-0.39, 0.29) is 12.9 Å². The van der Waals surface area contributed by atoms with Gasteiger partial charge in [0.2, 0.25) is 0 Å². The fourth-order valence-electron chi connectivity index (χ4n) is 1.73. The molecule has 4 heteroatoms. The summed E-state index contributed by atoms with van der Waals surface area (Å²) in [6, 6.07) is 5.18. The fraction of sp³-hybridized carbons (Fsp3) is 0.538. The molecule has 0 aromatic heterocycles. The molecule has 0 bridgehead atoms. The molecule has 0 aliphatic heterocycles. The van der Waals surface area contributed by atoms with Gasteiger partial charge in [-0.05, 0) is 12.5 Å². The van der Waals surface area contributed by atoms with Crippen LogP contribution in [0.25, 0.3) is 0 Å². The number of hydrogen-bond donors (Lipinski definition) is 2. The second-order valence-corrected chi connectivity index (χ2v) is 9.94. The third-order valence-electron chi connectivity index (χ3n) is 2.75. The highest BCUT2D eigenvalue weighted by Gasteiger charge is 2.28. The highest BCUT2D eigenvalue weighted by molar-refractivity contribution is 14.2. The first-order valence-corrected chi connectivity index (χ1v) is 8.04. The summed E-state index contributed by atoms with van der Waals surface area (Å²) in [7, 11) is 0. The first-order valence-electron chi connectivity index (χ1n) is 5.88. The Morgan fingerprint density at radius 1 is 1.12 bits per heavy atom. The molecule has 0 spiro atoms. The molecule has 0 fully saturated rings. The number of phenols is 2. The first kappa shape index (κ1) is 15.3. The van der Waals surface area contributed by atoms with Crippen LogP contribution in [-0.2, 0) is 1.43 Å². The van der Waals surface area contributed by atoms with Gasteiger partial charge in [0.05, 0.1) is 0 Å². The average molecular weight is 460 g/mol. The van der Waals surface area contributed by atoms with E-state index in [1.807, 2.05) is 6.07 Å². The van der Waals surface area contributed by atoms with Crippen LogP contribution in [0.3, 0.4) is 0 Å². The van der Waals surface area contributed by atoms with Gasteiger partial charge in [0, 0.05) is 5.56 Å². The molecule has 0 amide bonds. The topological polar surface area (TPSA) is 40.5 Å². The van der Waals surface area contributed by atoms with E-state index in [4.69, 9.17) is 0 Å². The first-order chi connectivity index (χ1) is 7.99. The van der Waals surface area contributed by atoms with Crippen LogP contribution in [0.15, 0.2) is 18.2 Å². The molecule has 2 N–H and O–H groups in total. The van der Waals surface area contributed by atoms with Crippen molar-refractivity contribution in [1.29, 1.82) is 0 Å². The van der Waals surface area contributed by atoms with E-state index >= 15 is 0 Å². The summed E-state index contributed by atoms with van der Waals surface area (Å²) in [4.78, 5) is 0. The number of halogens is 2. The van der Waals surface area contributed by atoms with Crippen LogP contribution in [0.5, 0.6) is 11.5 Å². The van der Waals surface area contributed by atoms with E-state index in [0.717, 1.165) is 18.4 Å². The van der Waals surface area contributed by atoms with Gasteiger partial charge in [-0.25, -0.2) is 0 Å². The molecule has 1 rings (SSSR count). The van der Waals surface area contributed by atoms with Gasteiger partial charge in [0.1, 0.15) is 1.43 Å². The fourth-order valence-corrected chi connectivity index (χ4v) is 3.37. The van der Waals surface area contributed by atoms with Gasteiger partial charge in [-0.15, -0.1) is 0 Å². The molecule has 1 aromatic rings. The van der Waals surface area contributed by atoms with Gasteiger partial charge < -0.3 is 10.2 Å². The van der Waals surface area contributed by atoms with Crippen LogP contribution < -0.4 is 0 Å². The lowest BCUT2D eigenvalue weighted by Crippen LogP contribution is -2.08. The maximum absolute atomic E-state index is 9.88. The molecule has 0 saturated carbocycles. The van der Waals surface area contributed by atoms with Crippen LogP contribution in [0, 0.1) is 0 Å². The van der Waals surface area contributed by atoms with Gasteiger partial charge in [-0.2, -0.15) is 0 Å². The minimum Gasteiger partial charge on any atom is -0.504 e. The highest BCUT2D eigenvalue weighted by atomic mass is 127. The van der Waals surface area contributed by atoms with Gasteiger partial charge in [-0.3, -0.25) is 0 Å². The van der Waals surface area contributed by atoms with E-state index in [1.165, 1.54) is 25.3 Å². The Morgan fingerprint density at radius 3 is 2.47 bits per heavy atom. The lowest BCUT2D eigenvalue weighted by molar-refractivity contribution is 0.398. The van der Waals surface area contributed by atoms with Crippen molar-refractivity contribution in [2.45, 2.75) is 40.5 Å². The SMILES string of the molecule is CCCCCCC(I)(I)c1cccc(O)c1O. The molecule has 1 aromatic carbocycles. The Bertz CT molecular complexity index is 364. The highest BCUT2D eigenvalue weighted by Crippen LogP contribution is 2.49. The Hall–Kier alpha value is 0.280. The molecule has 0 saturated heterocycles. The van der Waals surface area contributed by atoms with Crippen molar-refractivity contribution < 1.29 is 10.2 Å². The molecule has 0 unspecified atom stereocenters. The number of phenolic OH excluding ortho intramolecular Hbond substituents is 2. The second kappa shape index (κ2) is 7.01. The number of alkyl halides is 2. The Morgan fingerprint density at radius 2 is 1.82 bits per heavy atom. The molecular weight excluding hydrogens is 442 g/mol. The standard InChI is InChI=1S/C13H18I2O2/c1-2-3-4-5-9-13(14,15)10-7-6-8-11(16)12(10)17/h6-8,16-17H,2-5,9H2,1H3. The molecule has 0 radical (unpaired) electrons. The summed E-state index contributed by atoms with van der Waals surface area (Å²) in [5.74, 6) is -0.0134. The van der Waals surface area contributed by atoms with E-state index in [2.05, 4.69) is 52.1 Å². The van der Waals surface area contributed by atoms with E-state index < -0.39 is 0 Å². The summed E-state index contributed by atoms with van der Waals surface area (Å²) < 4.78 is -0.147. The van der Waals surface area contributed by atoms with Crippen molar-refractivity contribution in [3.8, 4) is 11.5 Å². The number of para-hydroxylation sites is 1. The van der Waals surface area contributed by atoms with Crippen molar-refractivity contribution in [2.75, 3.05) is 0 Å². The summed E-state index contributed by atoms with van der Waals surface area (Å²) in [6.45, 7) is 2.20. The van der Waals surface area contributed by atoms with Crippen LogP contribution in [-0.4, -0.2) is 10.2 Å². The maximum Gasteiger partial charge on any atom is 0.162 e. The molecule has 2 nitrogen and oxygen atoms in total. The van der Waals surface area contributed by atoms with Crippen LogP contribution >= 0.6 is 45.2 Å². The number of rotatable bonds is 6. The average Bonchev–Trinajstić information content (AvgIpc) is 2.28. The predicted octanol–water partition coefficient (Wildman–Crippen LogP) is 5.09. The zero-order valence-corrected chi connectivity index (χ0v) is 14.2. The molecule has 0 heterocycles. The third kappa shape index (κ3) is 4.46. The van der Waals surface area contributed by atoms with Gasteiger partial charge >= 0.3 is 0 Å². The van der Waals surface area contributed by atoms with Crippen molar-refractivity contribution in [2.24, 2.45) is 0 Å². The number of unbranched alkanes of at least 4 members (excludes halogenated alkanes) is 3. The summed E-state index contributed by atoms with van der Waals surface area (Å²) >= 11 is 4.70. The molecule has 96 valence electrons. The summed E-state index contributed by atoms with van der Waals surface area (Å²) in [5.41, 5.74) is 0.815. The predicted molar refractivity (Wildman–Crippen MR) is 88.2 cm³/mol. The zero-order valence-electron chi connectivity index (χ0n) is 9.92. The minimum atomic E-state index is -0.147. The van der Waals surface area contributed by atoms with Gasteiger partial charge in [-0.1, -0.05) is 89.9 Å². The summed E-state index contributed by atoms with van der Waals surface area (Å²) in [5, 5.41) is 19.4. The van der Waals surface area contributed by atoms with Crippen molar-refractivity contribution >= 4 is 45.2 Å². The number of hydrogen-bond acceptors (Lipinski definition) is 2. The monoisotopic (exact) mass is 460 g/mol. The van der Waals surface area contributed by atoms with E-state index in [9.17, 15) is 10.2 Å². The third-order valence-corrected chi connectivity index (χ3v) is 4.99. The summed E-state index contributed by atoms with van der Waals surface area (Å²) in [6.07, 6.45) is 5.87. The van der Waals surface area contributed by atoms with Gasteiger partial charge in [0.15, 0.2) is 11.5 Å². The Balaban J connectivity index is 2.71. The number of benzene rings is 1. The normalized spacial score (nSPS) is 11.7. The smallest absolute Gasteiger partial charge is 0.162 e. The minimum absolute atomic E-state index is 0.0202. The van der Waals surface area contributed by atoms with Crippen molar-refractivity contribution in [1.82, 2.24) is 0 Å². The van der Waals surface area contributed by atoms with Crippen LogP contribution in [0.1, 0.15) is 44.6 Å². The molecule has 0 aliphatic rings. The van der Waals surface area contributed by atoms with Crippen LogP contribution in [0.2, 0.25) is 0 Å². The second-order valence-electron chi connectivity index (χ2n) is 4.19. The number of aromatic hydroxyl groups is 2. The Labute approximate surface area is 130 Å². The lowest BCUT2D eigenvalue weighted by atomic mass is 10.0. The maximum atomic E-state index is 9.88. The van der Waals surface area contributed by atoms with Crippen LogP contribution in [0.4, 0.5) is 0 Å². The zero-order chi connectivity index (χ0) is 12.9. The largest absolute Gasteiger partial charge is 0.504 e. The molecule has 0 aliphatic carbocycles. The Kier molecular flexibility index (Phi) is 6.33. The van der Waals surface area contributed by atoms with Gasteiger partial charge in [0.25, 0.3) is 0 Å². The lowest BCUT2D eigenvalue weighted by Gasteiger charge is -2.22.